The fourth-order valence-electron chi connectivity index (χ4n) is 5.19. The Hall–Kier alpha value is -3.00. The molecule has 8 heteroatoms. The number of hydrogen-bond acceptors (Lipinski definition) is 6. The molecule has 1 aliphatic carbocycles. The summed E-state index contributed by atoms with van der Waals surface area (Å²) in [6, 6.07) is 7.29. The molecule has 32 heavy (non-hydrogen) atoms. The summed E-state index contributed by atoms with van der Waals surface area (Å²) in [5.74, 6) is 2.18. The van der Waals surface area contributed by atoms with Gasteiger partial charge in [-0.1, -0.05) is 0 Å². The molecule has 2 N–H and O–H groups in total. The van der Waals surface area contributed by atoms with Crippen LogP contribution in [0.4, 0.5) is 11.4 Å². The average molecular weight is 438 g/mol. The zero-order valence-corrected chi connectivity index (χ0v) is 18.9. The largest absolute Gasteiger partial charge is 0.497 e. The van der Waals surface area contributed by atoms with E-state index in [0.717, 1.165) is 30.9 Å². The lowest BCUT2D eigenvalue weighted by molar-refractivity contribution is -0.117. The number of likely N-dealkylation sites (tertiary alicyclic amines) is 1. The van der Waals surface area contributed by atoms with Crippen LogP contribution in [0, 0.1) is 24.7 Å². The highest BCUT2D eigenvalue weighted by Crippen LogP contribution is 2.43. The number of hydrogen-bond donors (Lipinski definition) is 2. The van der Waals surface area contributed by atoms with Gasteiger partial charge in [0, 0.05) is 37.5 Å². The normalized spacial score (nSPS) is 22.4. The molecule has 2 aromatic rings. The van der Waals surface area contributed by atoms with Gasteiger partial charge in [-0.05, 0) is 62.1 Å². The van der Waals surface area contributed by atoms with E-state index in [2.05, 4.69) is 31.6 Å². The Bertz CT molecular complexity index is 995. The molecule has 1 aliphatic heterocycles. The Labute approximate surface area is 188 Å². The van der Waals surface area contributed by atoms with Gasteiger partial charge in [0.15, 0.2) is 0 Å². The van der Waals surface area contributed by atoms with Gasteiger partial charge >= 0.3 is 0 Å². The van der Waals surface area contributed by atoms with E-state index in [1.165, 1.54) is 19.8 Å². The van der Waals surface area contributed by atoms with Gasteiger partial charge in [-0.3, -0.25) is 14.5 Å². The van der Waals surface area contributed by atoms with Crippen LogP contribution in [0.2, 0.25) is 0 Å². The number of amides is 2. The van der Waals surface area contributed by atoms with Crippen molar-refractivity contribution >= 4 is 23.2 Å². The molecule has 0 bridgehead atoms. The summed E-state index contributed by atoms with van der Waals surface area (Å²) in [5, 5.41) is 5.70. The van der Waals surface area contributed by atoms with E-state index >= 15 is 0 Å². The van der Waals surface area contributed by atoms with Crippen molar-refractivity contribution in [2.75, 3.05) is 37.4 Å². The molecular weight excluding hydrogens is 406 g/mol. The minimum Gasteiger partial charge on any atom is -0.497 e. The standard InChI is InChI=1S/C24H31N5O3/c1-15-8-19(26-14-25-15)9-17-4-5-18-11-29(12-21(17)18)13-24(31)28-23-10-20(32-3)6-7-22(23)27-16(2)30/h6-8,10,14,17-18,21H,4-5,9,11-13H2,1-3H3,(H,27,30)(H,28,31)/t17-,18-,21-/m1/s1. The van der Waals surface area contributed by atoms with Gasteiger partial charge in [0.25, 0.3) is 0 Å². The van der Waals surface area contributed by atoms with Crippen LogP contribution in [0.5, 0.6) is 5.75 Å². The maximum Gasteiger partial charge on any atom is 0.238 e. The van der Waals surface area contributed by atoms with E-state index < -0.39 is 0 Å². The van der Waals surface area contributed by atoms with Crippen LogP contribution in [0.1, 0.15) is 31.2 Å². The van der Waals surface area contributed by atoms with Crippen molar-refractivity contribution in [3.05, 3.63) is 42.0 Å². The molecule has 170 valence electrons. The second kappa shape index (κ2) is 9.65. The summed E-state index contributed by atoms with van der Waals surface area (Å²) in [5.41, 5.74) is 3.22. The van der Waals surface area contributed by atoms with Crippen molar-refractivity contribution in [1.29, 1.82) is 0 Å². The summed E-state index contributed by atoms with van der Waals surface area (Å²) in [6.45, 7) is 5.66. The summed E-state index contributed by atoms with van der Waals surface area (Å²) in [4.78, 5) is 35.2. The van der Waals surface area contributed by atoms with E-state index in [-0.39, 0.29) is 11.8 Å². The lowest BCUT2D eigenvalue weighted by Crippen LogP contribution is -2.33. The van der Waals surface area contributed by atoms with E-state index in [0.29, 0.717) is 41.4 Å². The Balaban J connectivity index is 1.36. The molecule has 4 rings (SSSR count). The third-order valence-corrected chi connectivity index (χ3v) is 6.59. The first-order valence-corrected chi connectivity index (χ1v) is 11.2. The van der Waals surface area contributed by atoms with Crippen molar-refractivity contribution in [2.24, 2.45) is 17.8 Å². The fraction of sp³-hybridized carbons (Fsp3) is 0.500. The quantitative estimate of drug-likeness (QED) is 0.691. The maximum atomic E-state index is 12.8. The van der Waals surface area contributed by atoms with Crippen LogP contribution in [0.15, 0.2) is 30.6 Å². The van der Waals surface area contributed by atoms with Crippen molar-refractivity contribution in [3.63, 3.8) is 0 Å². The van der Waals surface area contributed by atoms with E-state index in [9.17, 15) is 9.59 Å². The SMILES string of the molecule is COc1ccc(NC(C)=O)c(NC(=O)CN2C[C@H]3CC[C@H](Cc4cc(C)ncn4)[C@H]3C2)c1. The van der Waals surface area contributed by atoms with Gasteiger partial charge in [-0.2, -0.15) is 0 Å². The molecule has 2 amide bonds. The Morgan fingerprint density at radius 3 is 2.72 bits per heavy atom. The predicted molar refractivity (Wildman–Crippen MR) is 123 cm³/mol. The second-order valence-corrected chi connectivity index (χ2v) is 8.95. The number of methoxy groups -OCH3 is 1. The summed E-state index contributed by atoms with van der Waals surface area (Å²) in [7, 11) is 1.57. The van der Waals surface area contributed by atoms with Crippen molar-refractivity contribution < 1.29 is 14.3 Å². The van der Waals surface area contributed by atoms with E-state index in [4.69, 9.17) is 4.74 Å². The predicted octanol–water partition coefficient (Wildman–Crippen LogP) is 2.89. The van der Waals surface area contributed by atoms with Crippen molar-refractivity contribution in [1.82, 2.24) is 14.9 Å². The molecule has 0 spiro atoms. The van der Waals surface area contributed by atoms with Crippen LogP contribution in [0.25, 0.3) is 0 Å². The summed E-state index contributed by atoms with van der Waals surface area (Å²) >= 11 is 0. The third kappa shape index (κ3) is 5.24. The van der Waals surface area contributed by atoms with Crippen LogP contribution < -0.4 is 15.4 Å². The number of nitrogens with one attached hydrogen (secondary N) is 2. The summed E-state index contributed by atoms with van der Waals surface area (Å²) < 4.78 is 5.26. The number of carbonyl (C=O) groups excluding carboxylic acids is 2. The van der Waals surface area contributed by atoms with Crippen molar-refractivity contribution in [3.8, 4) is 5.75 Å². The molecule has 2 fully saturated rings. The number of benzene rings is 1. The monoisotopic (exact) mass is 437 g/mol. The lowest BCUT2D eigenvalue weighted by Gasteiger charge is -2.21. The minimum atomic E-state index is -0.192. The van der Waals surface area contributed by atoms with Crippen LogP contribution in [-0.4, -0.2) is 53.4 Å². The van der Waals surface area contributed by atoms with Crippen molar-refractivity contribution in [2.45, 2.75) is 33.1 Å². The Morgan fingerprint density at radius 2 is 1.97 bits per heavy atom. The number of ether oxygens (including phenoxy) is 1. The third-order valence-electron chi connectivity index (χ3n) is 6.59. The molecule has 1 saturated carbocycles. The molecule has 1 aromatic heterocycles. The number of aromatic nitrogens is 2. The first kappa shape index (κ1) is 22.2. The highest BCUT2D eigenvalue weighted by Gasteiger charge is 2.42. The smallest absolute Gasteiger partial charge is 0.238 e. The highest BCUT2D eigenvalue weighted by atomic mass is 16.5. The number of rotatable bonds is 7. The molecular formula is C24H31N5O3. The van der Waals surface area contributed by atoms with Crippen LogP contribution in [0.3, 0.4) is 0 Å². The number of anilines is 2. The highest BCUT2D eigenvalue weighted by molar-refractivity contribution is 5.99. The number of nitrogens with zero attached hydrogens (tertiary/aromatic N) is 3. The van der Waals surface area contributed by atoms with E-state index in [1.807, 2.05) is 6.92 Å². The zero-order valence-electron chi connectivity index (χ0n) is 18.9. The van der Waals surface area contributed by atoms with Gasteiger partial charge in [0.2, 0.25) is 11.8 Å². The van der Waals surface area contributed by atoms with E-state index in [1.54, 1.807) is 31.6 Å². The molecule has 1 aromatic carbocycles. The maximum absolute atomic E-state index is 12.8. The lowest BCUT2D eigenvalue weighted by atomic mass is 9.89. The molecule has 2 heterocycles. The number of aryl methyl sites for hydroxylation is 1. The van der Waals surface area contributed by atoms with Gasteiger partial charge < -0.3 is 15.4 Å². The van der Waals surface area contributed by atoms with Gasteiger partial charge in [0.05, 0.1) is 25.0 Å². The molecule has 0 radical (unpaired) electrons. The molecule has 3 atom stereocenters. The van der Waals surface area contributed by atoms with Gasteiger partial charge in [-0.25, -0.2) is 9.97 Å². The fourth-order valence-corrected chi connectivity index (χ4v) is 5.19. The Morgan fingerprint density at radius 1 is 1.12 bits per heavy atom. The second-order valence-electron chi connectivity index (χ2n) is 8.95. The van der Waals surface area contributed by atoms with Gasteiger partial charge in [0.1, 0.15) is 12.1 Å². The minimum absolute atomic E-state index is 0.0900. The first-order chi connectivity index (χ1) is 15.4. The number of carbonyl (C=O) groups is 2. The molecule has 0 unspecified atom stereocenters. The zero-order chi connectivity index (χ0) is 22.7. The molecule has 2 aliphatic rings. The van der Waals surface area contributed by atoms with Crippen LogP contribution in [-0.2, 0) is 16.0 Å². The molecule has 1 saturated heterocycles. The first-order valence-electron chi connectivity index (χ1n) is 11.2. The Kier molecular flexibility index (Phi) is 6.69. The summed E-state index contributed by atoms with van der Waals surface area (Å²) in [6.07, 6.45) is 5.06. The van der Waals surface area contributed by atoms with Crippen LogP contribution >= 0.6 is 0 Å². The average Bonchev–Trinajstić information content (AvgIpc) is 3.30. The topological polar surface area (TPSA) is 96.5 Å². The molecule has 8 nitrogen and oxygen atoms in total. The number of fused-ring (bicyclic) bond motifs is 1. The van der Waals surface area contributed by atoms with Gasteiger partial charge in [-0.15, -0.1) is 0 Å².